The van der Waals surface area contributed by atoms with Crippen LogP contribution in [-0.2, 0) is 11.2 Å². The van der Waals surface area contributed by atoms with E-state index in [9.17, 15) is 4.79 Å². The lowest BCUT2D eigenvalue weighted by Crippen LogP contribution is -2.35. The van der Waals surface area contributed by atoms with E-state index < -0.39 is 0 Å². The van der Waals surface area contributed by atoms with E-state index in [0.29, 0.717) is 6.54 Å². The molecule has 1 heterocycles. The van der Waals surface area contributed by atoms with Crippen LogP contribution < -0.4 is 10.6 Å². The molecule has 1 aromatic carbocycles. The number of hydrogen-bond donors (Lipinski definition) is 2. The van der Waals surface area contributed by atoms with Crippen molar-refractivity contribution in [3.05, 3.63) is 29.8 Å². The Kier molecular flexibility index (Phi) is 2.76. The van der Waals surface area contributed by atoms with E-state index in [-0.39, 0.29) is 12.2 Å². The van der Waals surface area contributed by atoms with E-state index in [0.717, 1.165) is 12.1 Å². The fraction of sp³-hybridized carbons (Fsp3) is 0.364. The van der Waals surface area contributed by atoms with Crippen LogP contribution in [0.2, 0.25) is 0 Å². The highest BCUT2D eigenvalue weighted by atomic mass is 16.6. The Labute approximate surface area is 88.6 Å². The molecule has 2 N–H and O–H groups in total. The summed E-state index contributed by atoms with van der Waals surface area (Å²) in [4.78, 5) is 11.0. The fourth-order valence-electron chi connectivity index (χ4n) is 1.71. The van der Waals surface area contributed by atoms with E-state index in [1.165, 1.54) is 5.56 Å². The van der Waals surface area contributed by atoms with E-state index in [2.05, 4.69) is 10.6 Å². The fourth-order valence-corrected chi connectivity index (χ4v) is 1.71. The largest absolute Gasteiger partial charge is 0.444 e. The lowest BCUT2D eigenvalue weighted by molar-refractivity contribution is 0.104. The molecule has 0 unspecified atom stereocenters. The first-order valence-corrected chi connectivity index (χ1v) is 4.99. The lowest BCUT2D eigenvalue weighted by atomic mass is 10.0. The molecule has 0 saturated carbocycles. The molecule has 15 heavy (non-hydrogen) atoms. The third kappa shape index (κ3) is 2.21. The summed E-state index contributed by atoms with van der Waals surface area (Å²) in [5.41, 5.74) is 2.33. The van der Waals surface area contributed by atoms with Crippen molar-refractivity contribution in [2.45, 2.75) is 12.5 Å². The molecule has 1 aliphatic heterocycles. The Bertz CT molecular complexity index is 365. The van der Waals surface area contributed by atoms with Crippen LogP contribution >= 0.6 is 0 Å². The van der Waals surface area contributed by atoms with Crippen LogP contribution in [0.25, 0.3) is 0 Å². The summed E-state index contributed by atoms with van der Waals surface area (Å²) in [7, 11) is 1.56. The Morgan fingerprint density at radius 1 is 1.53 bits per heavy atom. The second kappa shape index (κ2) is 4.21. The maximum Gasteiger partial charge on any atom is 0.407 e. The molecule has 0 radical (unpaired) electrons. The molecule has 80 valence electrons. The van der Waals surface area contributed by atoms with Gasteiger partial charge in [0.25, 0.3) is 0 Å². The SMILES string of the molecule is CNC(=O)O[C@@H]1CNc2ccccc2C1. The smallest absolute Gasteiger partial charge is 0.407 e. The zero-order valence-corrected chi connectivity index (χ0v) is 8.62. The first-order chi connectivity index (χ1) is 7.29. The van der Waals surface area contributed by atoms with Gasteiger partial charge in [0, 0.05) is 19.2 Å². The number of alkyl carbamates (subject to hydrolysis) is 1. The van der Waals surface area contributed by atoms with Crippen LogP contribution in [-0.4, -0.2) is 25.8 Å². The van der Waals surface area contributed by atoms with Crippen molar-refractivity contribution in [3.8, 4) is 0 Å². The molecule has 0 aromatic heterocycles. The van der Waals surface area contributed by atoms with Crippen molar-refractivity contribution in [2.24, 2.45) is 0 Å². The first kappa shape index (κ1) is 9.83. The number of nitrogens with one attached hydrogen (secondary N) is 2. The lowest BCUT2D eigenvalue weighted by Gasteiger charge is -2.25. The first-order valence-electron chi connectivity index (χ1n) is 4.99. The number of carbonyl (C=O) groups excluding carboxylic acids is 1. The molecular formula is C11H14N2O2. The van der Waals surface area contributed by atoms with Gasteiger partial charge < -0.3 is 15.4 Å². The summed E-state index contributed by atoms with van der Waals surface area (Å²) >= 11 is 0. The summed E-state index contributed by atoms with van der Waals surface area (Å²) < 4.78 is 5.18. The Morgan fingerprint density at radius 3 is 3.13 bits per heavy atom. The van der Waals surface area contributed by atoms with Gasteiger partial charge in [-0.15, -0.1) is 0 Å². The molecule has 0 spiro atoms. The van der Waals surface area contributed by atoms with Crippen molar-refractivity contribution in [3.63, 3.8) is 0 Å². The topological polar surface area (TPSA) is 50.4 Å². The predicted molar refractivity (Wildman–Crippen MR) is 58.0 cm³/mol. The van der Waals surface area contributed by atoms with E-state index in [1.807, 2.05) is 24.3 Å². The van der Waals surface area contributed by atoms with Gasteiger partial charge in [-0.05, 0) is 11.6 Å². The summed E-state index contributed by atoms with van der Waals surface area (Å²) in [6.45, 7) is 0.671. The number of benzene rings is 1. The Balaban J connectivity index is 2.02. The number of para-hydroxylation sites is 1. The highest BCUT2D eigenvalue weighted by Crippen LogP contribution is 2.22. The molecule has 0 fully saturated rings. The van der Waals surface area contributed by atoms with Gasteiger partial charge in [-0.1, -0.05) is 18.2 Å². The molecule has 4 nitrogen and oxygen atoms in total. The minimum Gasteiger partial charge on any atom is -0.444 e. The van der Waals surface area contributed by atoms with Crippen LogP contribution in [0.3, 0.4) is 0 Å². The molecule has 2 rings (SSSR count). The van der Waals surface area contributed by atoms with Crippen molar-refractivity contribution < 1.29 is 9.53 Å². The Hall–Kier alpha value is -1.71. The van der Waals surface area contributed by atoms with Crippen LogP contribution in [0.15, 0.2) is 24.3 Å². The highest BCUT2D eigenvalue weighted by molar-refractivity contribution is 5.67. The second-order valence-corrected chi connectivity index (χ2v) is 3.52. The zero-order valence-electron chi connectivity index (χ0n) is 8.62. The maximum absolute atomic E-state index is 11.0. The van der Waals surface area contributed by atoms with Crippen molar-refractivity contribution >= 4 is 11.8 Å². The normalized spacial score (nSPS) is 18.6. The highest BCUT2D eigenvalue weighted by Gasteiger charge is 2.20. The molecule has 4 heteroatoms. The molecule has 1 atom stereocenters. The number of hydrogen-bond acceptors (Lipinski definition) is 3. The van der Waals surface area contributed by atoms with Gasteiger partial charge in [-0.3, -0.25) is 0 Å². The number of rotatable bonds is 1. The van der Waals surface area contributed by atoms with Crippen LogP contribution in [0, 0.1) is 0 Å². The maximum atomic E-state index is 11.0. The van der Waals surface area contributed by atoms with Gasteiger partial charge >= 0.3 is 6.09 Å². The standard InChI is InChI=1S/C11H14N2O2/c1-12-11(14)15-9-6-8-4-2-3-5-10(8)13-7-9/h2-5,9,13H,6-7H2,1H3,(H,12,14)/t9-/m0/s1. The predicted octanol–water partition coefficient (Wildman–Crippen LogP) is 1.38. The van der Waals surface area contributed by atoms with Gasteiger partial charge in [0.15, 0.2) is 0 Å². The number of anilines is 1. The third-order valence-electron chi connectivity index (χ3n) is 2.46. The summed E-state index contributed by atoms with van der Waals surface area (Å²) in [5.74, 6) is 0. The van der Waals surface area contributed by atoms with Gasteiger partial charge in [-0.25, -0.2) is 4.79 Å². The van der Waals surface area contributed by atoms with Gasteiger partial charge in [-0.2, -0.15) is 0 Å². The van der Waals surface area contributed by atoms with Crippen LogP contribution in [0.4, 0.5) is 10.5 Å². The third-order valence-corrected chi connectivity index (χ3v) is 2.46. The molecule has 0 aliphatic carbocycles. The number of ether oxygens (including phenoxy) is 1. The van der Waals surface area contributed by atoms with Crippen molar-refractivity contribution in [2.75, 3.05) is 18.9 Å². The molecule has 1 aromatic rings. The van der Waals surface area contributed by atoms with Crippen molar-refractivity contribution in [1.29, 1.82) is 0 Å². The van der Waals surface area contributed by atoms with Crippen molar-refractivity contribution in [1.82, 2.24) is 5.32 Å². The molecule has 0 bridgehead atoms. The number of amides is 1. The van der Waals surface area contributed by atoms with Gasteiger partial charge in [0.1, 0.15) is 6.10 Å². The van der Waals surface area contributed by atoms with Gasteiger partial charge in [0.05, 0.1) is 6.54 Å². The quantitative estimate of drug-likeness (QED) is 0.729. The molecule has 1 amide bonds. The van der Waals surface area contributed by atoms with Crippen LogP contribution in [0.1, 0.15) is 5.56 Å². The summed E-state index contributed by atoms with van der Waals surface area (Å²) in [6.07, 6.45) is 0.317. The minimum absolute atomic E-state index is 0.0835. The zero-order chi connectivity index (χ0) is 10.7. The average Bonchev–Trinajstić information content (AvgIpc) is 2.29. The van der Waals surface area contributed by atoms with E-state index >= 15 is 0 Å². The average molecular weight is 206 g/mol. The molecule has 0 saturated heterocycles. The second-order valence-electron chi connectivity index (χ2n) is 3.52. The van der Waals surface area contributed by atoms with E-state index in [1.54, 1.807) is 7.05 Å². The molecular weight excluding hydrogens is 192 g/mol. The van der Waals surface area contributed by atoms with E-state index in [4.69, 9.17) is 4.74 Å². The number of fused-ring (bicyclic) bond motifs is 1. The number of carbonyl (C=O) groups is 1. The minimum atomic E-state index is -0.374. The van der Waals surface area contributed by atoms with Crippen LogP contribution in [0.5, 0.6) is 0 Å². The monoisotopic (exact) mass is 206 g/mol. The van der Waals surface area contributed by atoms with Gasteiger partial charge in [0.2, 0.25) is 0 Å². The Morgan fingerprint density at radius 2 is 2.33 bits per heavy atom. The molecule has 1 aliphatic rings. The summed E-state index contributed by atoms with van der Waals surface area (Å²) in [6, 6.07) is 8.06. The summed E-state index contributed by atoms with van der Waals surface area (Å²) in [5, 5.41) is 5.68.